The van der Waals surface area contributed by atoms with Crippen LogP contribution in [0.25, 0.3) is 0 Å². The number of aliphatic carboxylic acids is 1. The molecule has 0 spiro atoms. The van der Waals surface area contributed by atoms with Crippen molar-refractivity contribution in [2.24, 2.45) is 5.73 Å². The molecule has 2 rings (SSSR count). The number of rotatable bonds is 1. The molecule has 6 heteroatoms. The molecular weight excluding hydrogens is 222 g/mol. The average Bonchev–Trinajstić information content (AvgIpc) is 2.84. The van der Waals surface area contributed by atoms with Crippen LogP contribution in [-0.4, -0.2) is 47.7 Å². The Hall–Kier alpha value is -1.30. The summed E-state index contributed by atoms with van der Waals surface area (Å²) >= 11 is 0. The molecule has 2 amide bonds. The number of carbonyl (C=O) groups excluding carboxylic acids is 1. The largest absolute Gasteiger partial charge is 0.480 e. The van der Waals surface area contributed by atoms with Crippen LogP contribution in [0.5, 0.6) is 0 Å². The van der Waals surface area contributed by atoms with Gasteiger partial charge in [-0.05, 0) is 38.6 Å². The molecule has 2 heterocycles. The van der Waals surface area contributed by atoms with Crippen molar-refractivity contribution in [3.63, 3.8) is 0 Å². The number of piperidine rings is 1. The lowest BCUT2D eigenvalue weighted by atomic mass is 10.1. The standard InChI is InChI=1S/C6H12N2O.C5H9NO2/c7-6(9)8-4-2-1-3-5-8;7-5(8)4-2-1-3-6-4/h1-5H2,(H2,7,9);4,6H,1-3H2,(H,7,8)/t;4-/m.0/s1. The molecule has 2 fully saturated rings. The van der Waals surface area contributed by atoms with Crippen LogP contribution >= 0.6 is 0 Å². The third-order valence-electron chi connectivity index (χ3n) is 3.03. The fourth-order valence-corrected chi connectivity index (χ4v) is 2.01. The van der Waals surface area contributed by atoms with E-state index < -0.39 is 5.97 Å². The van der Waals surface area contributed by atoms with Gasteiger partial charge in [0.15, 0.2) is 0 Å². The molecule has 0 radical (unpaired) electrons. The van der Waals surface area contributed by atoms with Crippen LogP contribution in [0, 0.1) is 0 Å². The van der Waals surface area contributed by atoms with Crippen molar-refractivity contribution in [3.05, 3.63) is 0 Å². The topological polar surface area (TPSA) is 95.7 Å². The fraction of sp³-hybridized carbons (Fsp3) is 0.818. The minimum Gasteiger partial charge on any atom is -0.480 e. The van der Waals surface area contributed by atoms with Crippen LogP contribution < -0.4 is 11.1 Å². The molecule has 2 aliphatic heterocycles. The maximum absolute atomic E-state index is 10.5. The SMILES string of the molecule is NC(=O)N1CCCCC1.O=C(O)[C@@H]1CCCN1. The molecule has 0 bridgehead atoms. The predicted octanol–water partition coefficient (Wildman–Crippen LogP) is 0.374. The van der Waals surface area contributed by atoms with Gasteiger partial charge in [-0.2, -0.15) is 0 Å². The zero-order valence-electron chi connectivity index (χ0n) is 10.0. The van der Waals surface area contributed by atoms with Crippen LogP contribution in [0.2, 0.25) is 0 Å². The second kappa shape index (κ2) is 7.11. The van der Waals surface area contributed by atoms with E-state index in [1.54, 1.807) is 4.90 Å². The number of amides is 2. The summed E-state index contributed by atoms with van der Waals surface area (Å²) in [6.07, 6.45) is 5.25. The van der Waals surface area contributed by atoms with Gasteiger partial charge in [0.05, 0.1) is 0 Å². The second-order valence-electron chi connectivity index (χ2n) is 4.37. The van der Waals surface area contributed by atoms with Crippen molar-refractivity contribution in [1.82, 2.24) is 10.2 Å². The van der Waals surface area contributed by atoms with E-state index in [1.165, 1.54) is 6.42 Å². The van der Waals surface area contributed by atoms with Crippen LogP contribution in [0.4, 0.5) is 4.79 Å². The number of nitrogens with two attached hydrogens (primary N) is 1. The van der Waals surface area contributed by atoms with Gasteiger partial charge in [0.2, 0.25) is 0 Å². The lowest BCUT2D eigenvalue weighted by Crippen LogP contribution is -2.39. The van der Waals surface area contributed by atoms with Gasteiger partial charge in [-0.1, -0.05) is 0 Å². The van der Waals surface area contributed by atoms with Crippen molar-refractivity contribution in [1.29, 1.82) is 0 Å². The zero-order chi connectivity index (χ0) is 12.7. The van der Waals surface area contributed by atoms with Crippen molar-refractivity contribution in [2.75, 3.05) is 19.6 Å². The highest BCUT2D eigenvalue weighted by atomic mass is 16.4. The van der Waals surface area contributed by atoms with Gasteiger partial charge in [0, 0.05) is 13.1 Å². The summed E-state index contributed by atoms with van der Waals surface area (Å²) in [6.45, 7) is 2.57. The van der Waals surface area contributed by atoms with Crippen molar-refractivity contribution in [2.45, 2.75) is 38.1 Å². The third-order valence-corrected chi connectivity index (χ3v) is 3.03. The Labute approximate surface area is 101 Å². The van der Waals surface area contributed by atoms with Gasteiger partial charge < -0.3 is 21.1 Å². The highest BCUT2D eigenvalue weighted by molar-refractivity contribution is 5.73. The third kappa shape index (κ3) is 5.04. The number of urea groups is 1. The quantitative estimate of drug-likeness (QED) is 0.620. The Morgan fingerprint density at radius 3 is 2.12 bits per heavy atom. The molecule has 2 saturated heterocycles. The molecule has 1 atom stereocenters. The fourth-order valence-electron chi connectivity index (χ4n) is 2.01. The number of primary amides is 1. The molecule has 98 valence electrons. The van der Waals surface area contributed by atoms with Crippen LogP contribution in [-0.2, 0) is 4.79 Å². The number of hydrogen-bond acceptors (Lipinski definition) is 3. The van der Waals surface area contributed by atoms with E-state index in [-0.39, 0.29) is 12.1 Å². The molecule has 0 aromatic heterocycles. The number of nitrogens with zero attached hydrogens (tertiary/aromatic N) is 1. The Bertz CT molecular complexity index is 259. The molecule has 0 aliphatic carbocycles. The van der Waals surface area contributed by atoms with Gasteiger partial charge in [0.1, 0.15) is 6.04 Å². The molecular formula is C11H21N3O3. The smallest absolute Gasteiger partial charge is 0.320 e. The summed E-state index contributed by atoms with van der Waals surface area (Å²) in [4.78, 5) is 22.3. The van der Waals surface area contributed by atoms with E-state index in [9.17, 15) is 9.59 Å². The van der Waals surface area contributed by atoms with Gasteiger partial charge in [-0.3, -0.25) is 4.79 Å². The van der Waals surface area contributed by atoms with Gasteiger partial charge in [-0.25, -0.2) is 4.79 Å². The molecule has 2 aliphatic rings. The Balaban J connectivity index is 0.000000171. The van der Waals surface area contributed by atoms with Crippen LogP contribution in [0.15, 0.2) is 0 Å². The van der Waals surface area contributed by atoms with Gasteiger partial charge >= 0.3 is 12.0 Å². The van der Waals surface area contributed by atoms with Crippen molar-refractivity contribution >= 4 is 12.0 Å². The summed E-state index contributed by atoms with van der Waals surface area (Å²) in [5.74, 6) is -0.720. The number of carboxylic acid groups (broad SMARTS) is 1. The molecule has 0 aromatic carbocycles. The summed E-state index contributed by atoms with van der Waals surface area (Å²) in [7, 11) is 0. The number of nitrogens with one attached hydrogen (secondary N) is 1. The second-order valence-corrected chi connectivity index (χ2v) is 4.37. The minimum atomic E-state index is -0.720. The Morgan fingerprint density at radius 1 is 1.18 bits per heavy atom. The van der Waals surface area contributed by atoms with E-state index in [1.807, 2.05) is 0 Å². The maximum atomic E-state index is 10.5. The summed E-state index contributed by atoms with van der Waals surface area (Å²) in [6, 6.07) is -0.537. The van der Waals surface area contributed by atoms with E-state index >= 15 is 0 Å². The molecule has 4 N–H and O–H groups in total. The normalized spacial score (nSPS) is 23.8. The number of likely N-dealkylation sites (tertiary alicyclic amines) is 1. The van der Waals surface area contributed by atoms with E-state index in [0.29, 0.717) is 0 Å². The first-order chi connectivity index (χ1) is 8.11. The average molecular weight is 243 g/mol. The molecule has 17 heavy (non-hydrogen) atoms. The molecule has 0 aromatic rings. The zero-order valence-corrected chi connectivity index (χ0v) is 10.0. The summed E-state index contributed by atoms with van der Waals surface area (Å²) < 4.78 is 0. The predicted molar refractivity (Wildman–Crippen MR) is 63.7 cm³/mol. The first-order valence-electron chi connectivity index (χ1n) is 6.12. The molecule has 0 unspecified atom stereocenters. The first kappa shape index (κ1) is 13.8. The summed E-state index contributed by atoms with van der Waals surface area (Å²) in [5.41, 5.74) is 5.05. The van der Waals surface area contributed by atoms with Crippen LogP contribution in [0.1, 0.15) is 32.1 Å². The Kier molecular flexibility index (Phi) is 5.76. The van der Waals surface area contributed by atoms with Gasteiger partial charge in [0.25, 0.3) is 0 Å². The first-order valence-corrected chi connectivity index (χ1v) is 6.12. The van der Waals surface area contributed by atoms with E-state index in [0.717, 1.165) is 45.3 Å². The van der Waals surface area contributed by atoms with Gasteiger partial charge in [-0.15, -0.1) is 0 Å². The monoisotopic (exact) mass is 243 g/mol. The molecule has 6 nitrogen and oxygen atoms in total. The molecule has 0 saturated carbocycles. The number of carbonyl (C=O) groups is 2. The van der Waals surface area contributed by atoms with Crippen LogP contribution in [0.3, 0.4) is 0 Å². The highest BCUT2D eigenvalue weighted by Crippen LogP contribution is 2.07. The number of carboxylic acids is 1. The van der Waals surface area contributed by atoms with Crippen molar-refractivity contribution < 1.29 is 14.7 Å². The van der Waals surface area contributed by atoms with Crippen molar-refractivity contribution in [3.8, 4) is 0 Å². The summed E-state index contributed by atoms with van der Waals surface area (Å²) in [5, 5.41) is 11.2. The maximum Gasteiger partial charge on any atom is 0.320 e. The number of hydrogen-bond donors (Lipinski definition) is 3. The lowest BCUT2D eigenvalue weighted by Gasteiger charge is -2.24. The minimum absolute atomic E-state index is 0.269. The lowest BCUT2D eigenvalue weighted by molar-refractivity contribution is -0.139. The highest BCUT2D eigenvalue weighted by Gasteiger charge is 2.20. The van der Waals surface area contributed by atoms with E-state index in [4.69, 9.17) is 10.8 Å². The Morgan fingerprint density at radius 2 is 1.82 bits per heavy atom. The van der Waals surface area contributed by atoms with E-state index in [2.05, 4.69) is 5.32 Å².